The molecule has 0 aromatic heterocycles. The van der Waals surface area contributed by atoms with Crippen LogP contribution in [0.1, 0.15) is 18.0 Å². The number of carbonyl (C=O) groups excluding carboxylic acids is 1. The molecule has 1 radical (unpaired) electrons. The summed E-state index contributed by atoms with van der Waals surface area (Å²) < 4.78 is 0. The Bertz CT molecular complexity index is 312. The largest absolute Gasteiger partial charge is 0.365 e. The fraction of sp³-hybridized carbons (Fsp3) is 0.273. The predicted molar refractivity (Wildman–Crippen MR) is 50.9 cm³/mol. The van der Waals surface area contributed by atoms with Crippen LogP contribution >= 0.6 is 0 Å². The first-order chi connectivity index (χ1) is 6.29. The van der Waals surface area contributed by atoms with E-state index in [1.54, 1.807) is 4.90 Å². The molecule has 0 N–H and O–H groups in total. The third-order valence-electron chi connectivity index (χ3n) is 2.45. The molecule has 2 nitrogen and oxygen atoms in total. The molecule has 1 saturated heterocycles. The normalized spacial score (nSPS) is 16.9. The molecule has 1 amide bonds. The van der Waals surface area contributed by atoms with Gasteiger partial charge in [-0.25, -0.2) is 0 Å². The van der Waals surface area contributed by atoms with Gasteiger partial charge in [0, 0.05) is 45.7 Å². The third kappa shape index (κ3) is 2.24. The van der Waals surface area contributed by atoms with E-state index >= 15 is 0 Å². The number of rotatable bonds is 2. The Balaban J connectivity index is 0.000000980. The molecule has 1 aliphatic rings. The Kier molecular flexibility index (Phi) is 4.27. The summed E-state index contributed by atoms with van der Waals surface area (Å²) in [5.74, 6) is 0.212. The summed E-state index contributed by atoms with van der Waals surface area (Å²) in [6, 6.07) is 9.90. The quantitative estimate of drug-likeness (QED) is 0.588. The zero-order valence-electron chi connectivity index (χ0n) is 8.02. The van der Waals surface area contributed by atoms with Gasteiger partial charge in [0.1, 0.15) is 0 Å². The molecule has 1 heterocycles. The molecule has 3 heteroatoms. The monoisotopic (exact) mass is 263 g/mol. The summed E-state index contributed by atoms with van der Waals surface area (Å²) >= 11 is 0. The Morgan fingerprint density at radius 1 is 1.29 bits per heavy atom. The first kappa shape index (κ1) is 11.9. The van der Waals surface area contributed by atoms with Crippen molar-refractivity contribution in [1.29, 1.82) is 0 Å². The van der Waals surface area contributed by atoms with Crippen molar-refractivity contribution >= 4 is 5.91 Å². The smallest absolute Gasteiger partial charge is 0.222 e. The van der Waals surface area contributed by atoms with Crippen LogP contribution < -0.4 is 0 Å². The van der Waals surface area contributed by atoms with Crippen molar-refractivity contribution in [3.05, 3.63) is 42.8 Å². The molecule has 1 fully saturated rings. The molecule has 0 bridgehead atoms. The molecule has 1 unspecified atom stereocenters. The van der Waals surface area contributed by atoms with Gasteiger partial charge in [0.15, 0.2) is 0 Å². The van der Waals surface area contributed by atoms with Gasteiger partial charge in [0.05, 0.1) is 0 Å². The van der Waals surface area contributed by atoms with Crippen LogP contribution in [0.3, 0.4) is 0 Å². The number of benzene rings is 1. The van der Waals surface area contributed by atoms with E-state index < -0.39 is 0 Å². The standard InChI is InChI=1S/C11H12NO.Y/c1-9(12-8-7-11(12)13)10-5-3-2-4-6-10;/h2-6,9H,1,7-8H2;/q-1;. The summed E-state index contributed by atoms with van der Waals surface area (Å²) in [6.45, 7) is 4.83. The average Bonchev–Trinajstić information content (AvgIpc) is 2.17. The van der Waals surface area contributed by atoms with E-state index in [0.29, 0.717) is 6.42 Å². The van der Waals surface area contributed by atoms with E-state index in [1.807, 2.05) is 30.3 Å². The molecular weight excluding hydrogens is 251 g/mol. The van der Waals surface area contributed by atoms with Gasteiger partial charge in [0.25, 0.3) is 0 Å². The van der Waals surface area contributed by atoms with E-state index in [-0.39, 0.29) is 44.7 Å². The minimum atomic E-state index is -0.0116. The predicted octanol–water partition coefficient (Wildman–Crippen LogP) is 1.79. The molecule has 1 aromatic rings. The van der Waals surface area contributed by atoms with E-state index in [9.17, 15) is 4.79 Å². The fourth-order valence-corrected chi connectivity index (χ4v) is 1.52. The second kappa shape index (κ2) is 5.04. The van der Waals surface area contributed by atoms with Gasteiger partial charge < -0.3 is 11.8 Å². The van der Waals surface area contributed by atoms with E-state index in [4.69, 9.17) is 0 Å². The van der Waals surface area contributed by atoms with Crippen LogP contribution in [-0.4, -0.2) is 17.4 Å². The minimum Gasteiger partial charge on any atom is -0.365 e. The van der Waals surface area contributed by atoms with Gasteiger partial charge >= 0.3 is 0 Å². The van der Waals surface area contributed by atoms with Crippen LogP contribution in [0.25, 0.3) is 0 Å². The fourth-order valence-electron chi connectivity index (χ4n) is 1.52. The van der Waals surface area contributed by atoms with Crippen molar-refractivity contribution in [2.24, 2.45) is 0 Å². The number of carbonyl (C=O) groups is 1. The number of likely N-dealkylation sites (tertiary alicyclic amines) is 1. The van der Waals surface area contributed by atoms with Gasteiger partial charge in [-0.15, -0.1) is 0 Å². The Morgan fingerprint density at radius 3 is 2.36 bits per heavy atom. The molecule has 0 saturated carbocycles. The zero-order chi connectivity index (χ0) is 9.26. The number of hydrogen-bond acceptors (Lipinski definition) is 1. The summed E-state index contributed by atoms with van der Waals surface area (Å²) in [5.41, 5.74) is 1.11. The molecule has 0 aliphatic carbocycles. The van der Waals surface area contributed by atoms with Crippen LogP contribution in [0.5, 0.6) is 0 Å². The average molecular weight is 263 g/mol. The van der Waals surface area contributed by atoms with E-state index in [2.05, 4.69) is 6.92 Å². The van der Waals surface area contributed by atoms with Crippen molar-refractivity contribution in [2.75, 3.05) is 6.54 Å². The van der Waals surface area contributed by atoms with E-state index in [0.717, 1.165) is 12.1 Å². The molecule has 71 valence electrons. The van der Waals surface area contributed by atoms with Crippen LogP contribution in [0.4, 0.5) is 0 Å². The molecule has 1 aliphatic heterocycles. The van der Waals surface area contributed by atoms with E-state index in [1.165, 1.54) is 0 Å². The number of β-lactam (4-membered cyclic amide) rings is 1. The van der Waals surface area contributed by atoms with Crippen LogP contribution in [0.2, 0.25) is 0 Å². The molecule has 14 heavy (non-hydrogen) atoms. The maximum absolute atomic E-state index is 11.1. The molecule has 1 aromatic carbocycles. The topological polar surface area (TPSA) is 20.3 Å². The Hall–Kier alpha value is -0.206. The SMILES string of the molecule is [CH2-]C(c1ccccc1)N1CCC1=O.[Y]. The summed E-state index contributed by atoms with van der Waals surface area (Å²) in [7, 11) is 0. The maximum atomic E-state index is 11.1. The maximum Gasteiger partial charge on any atom is 0.222 e. The molecular formula is C11H12NOY-. The van der Waals surface area contributed by atoms with Gasteiger partial charge in [-0.2, -0.15) is 0 Å². The second-order valence-electron chi connectivity index (χ2n) is 3.26. The van der Waals surface area contributed by atoms with Gasteiger partial charge in [-0.05, 0) is 0 Å². The second-order valence-corrected chi connectivity index (χ2v) is 3.26. The van der Waals surface area contributed by atoms with Crippen LogP contribution in [0.15, 0.2) is 30.3 Å². The number of amides is 1. The summed E-state index contributed by atoms with van der Waals surface area (Å²) in [5, 5.41) is 0. The van der Waals surface area contributed by atoms with Gasteiger partial charge in [-0.1, -0.05) is 41.9 Å². The number of hydrogen-bond donors (Lipinski definition) is 0. The first-order valence-electron chi connectivity index (χ1n) is 4.46. The number of nitrogens with zero attached hydrogens (tertiary/aromatic N) is 1. The Labute approximate surface area is 110 Å². The Morgan fingerprint density at radius 2 is 1.93 bits per heavy atom. The molecule has 2 rings (SSSR count). The van der Waals surface area contributed by atoms with Crippen LogP contribution in [0, 0.1) is 6.92 Å². The van der Waals surface area contributed by atoms with Crippen molar-refractivity contribution < 1.29 is 37.5 Å². The van der Waals surface area contributed by atoms with Crippen molar-refractivity contribution in [2.45, 2.75) is 12.5 Å². The summed E-state index contributed by atoms with van der Waals surface area (Å²) in [6.07, 6.45) is 0.679. The minimum absolute atomic E-state index is 0. The van der Waals surface area contributed by atoms with Crippen molar-refractivity contribution in [3.8, 4) is 0 Å². The van der Waals surface area contributed by atoms with Gasteiger partial charge in [0.2, 0.25) is 5.91 Å². The van der Waals surface area contributed by atoms with Gasteiger partial charge in [-0.3, -0.25) is 4.79 Å². The van der Waals surface area contributed by atoms with Crippen molar-refractivity contribution in [1.82, 2.24) is 4.90 Å². The molecule has 1 atom stereocenters. The first-order valence-corrected chi connectivity index (χ1v) is 4.46. The zero-order valence-corrected chi connectivity index (χ0v) is 10.9. The summed E-state index contributed by atoms with van der Waals surface area (Å²) in [4.78, 5) is 12.9. The van der Waals surface area contributed by atoms with Crippen molar-refractivity contribution in [3.63, 3.8) is 0 Å². The third-order valence-corrected chi connectivity index (χ3v) is 2.45. The molecule has 0 spiro atoms. The van der Waals surface area contributed by atoms with Crippen LogP contribution in [-0.2, 0) is 37.5 Å².